The highest BCUT2D eigenvalue weighted by Gasteiger charge is 2.15. The third-order valence-corrected chi connectivity index (χ3v) is 4.67. The number of nitrogens with one attached hydrogen (secondary N) is 1. The minimum atomic E-state index is 0.323. The van der Waals surface area contributed by atoms with Crippen molar-refractivity contribution in [2.75, 3.05) is 43.1 Å². The Bertz CT molecular complexity index is 402. The molecule has 0 saturated carbocycles. The minimum absolute atomic E-state index is 0.323. The van der Waals surface area contributed by atoms with Crippen molar-refractivity contribution in [2.45, 2.75) is 25.5 Å². The lowest BCUT2D eigenvalue weighted by Crippen LogP contribution is -2.32. The highest BCUT2D eigenvalue weighted by Crippen LogP contribution is 2.14. The van der Waals surface area contributed by atoms with E-state index in [1.165, 1.54) is 36.6 Å². The Balaban J connectivity index is 1.46. The van der Waals surface area contributed by atoms with Crippen molar-refractivity contribution >= 4 is 17.7 Å². The molecule has 2 saturated heterocycles. The van der Waals surface area contributed by atoms with Gasteiger partial charge in [-0.05, 0) is 12.8 Å². The van der Waals surface area contributed by atoms with Gasteiger partial charge in [-0.1, -0.05) is 0 Å². The van der Waals surface area contributed by atoms with E-state index in [4.69, 9.17) is 4.74 Å². The van der Waals surface area contributed by atoms with Crippen LogP contribution in [0.15, 0.2) is 12.4 Å². The van der Waals surface area contributed by atoms with Crippen LogP contribution in [0.25, 0.3) is 0 Å². The van der Waals surface area contributed by atoms with Crippen molar-refractivity contribution in [1.82, 2.24) is 14.9 Å². The first-order valence-corrected chi connectivity index (χ1v) is 8.52. The maximum atomic E-state index is 5.57. The van der Waals surface area contributed by atoms with Gasteiger partial charge < -0.3 is 10.1 Å². The van der Waals surface area contributed by atoms with Crippen molar-refractivity contribution in [3.63, 3.8) is 0 Å². The maximum Gasteiger partial charge on any atom is 0.222 e. The molecule has 1 unspecified atom stereocenters. The van der Waals surface area contributed by atoms with Gasteiger partial charge in [0.15, 0.2) is 0 Å². The summed E-state index contributed by atoms with van der Waals surface area (Å²) >= 11 is 2.04. The molecule has 1 N–H and O–H groups in total. The first-order chi connectivity index (χ1) is 9.90. The van der Waals surface area contributed by atoms with E-state index < -0.39 is 0 Å². The highest BCUT2D eigenvalue weighted by atomic mass is 32.2. The molecule has 0 amide bonds. The highest BCUT2D eigenvalue weighted by molar-refractivity contribution is 7.99. The molecule has 20 heavy (non-hydrogen) atoms. The Morgan fingerprint density at radius 1 is 1.30 bits per heavy atom. The molecule has 0 radical (unpaired) electrons. The molecule has 0 spiro atoms. The van der Waals surface area contributed by atoms with Crippen molar-refractivity contribution < 1.29 is 4.74 Å². The zero-order chi connectivity index (χ0) is 13.6. The average Bonchev–Trinajstić information content (AvgIpc) is 3.01. The van der Waals surface area contributed by atoms with E-state index in [1.807, 2.05) is 24.2 Å². The predicted octanol–water partition coefficient (Wildman–Crippen LogP) is 1.62. The standard InChI is InChI=1S/C14H22N4OS/c1-2-13(19-5-1)10-17-14-15-8-12(9-16-14)11-18-3-6-20-7-4-18/h8-9,13H,1-7,10-11H2,(H,15,16,17). The van der Waals surface area contributed by atoms with Gasteiger partial charge in [0.25, 0.3) is 0 Å². The summed E-state index contributed by atoms with van der Waals surface area (Å²) < 4.78 is 5.57. The molecule has 1 aromatic heterocycles. The fraction of sp³-hybridized carbons (Fsp3) is 0.714. The van der Waals surface area contributed by atoms with Crippen LogP contribution < -0.4 is 5.32 Å². The zero-order valence-corrected chi connectivity index (χ0v) is 12.6. The van der Waals surface area contributed by atoms with Gasteiger partial charge in [-0.15, -0.1) is 0 Å². The van der Waals surface area contributed by atoms with Crippen molar-refractivity contribution in [3.05, 3.63) is 18.0 Å². The minimum Gasteiger partial charge on any atom is -0.376 e. The number of ether oxygens (including phenoxy) is 1. The number of hydrogen-bond acceptors (Lipinski definition) is 6. The second kappa shape index (κ2) is 7.24. The third kappa shape index (κ3) is 4.07. The molecule has 6 heteroatoms. The second-order valence-corrected chi connectivity index (χ2v) is 6.54. The Labute approximate surface area is 124 Å². The summed E-state index contributed by atoms with van der Waals surface area (Å²) in [4.78, 5) is 11.3. The van der Waals surface area contributed by atoms with Gasteiger partial charge in [0.05, 0.1) is 6.10 Å². The largest absolute Gasteiger partial charge is 0.376 e. The molecule has 2 aliphatic heterocycles. The maximum absolute atomic E-state index is 5.57. The van der Waals surface area contributed by atoms with Crippen LogP contribution in [0, 0.1) is 0 Å². The van der Waals surface area contributed by atoms with E-state index in [9.17, 15) is 0 Å². The molecule has 1 atom stereocenters. The van der Waals surface area contributed by atoms with Crippen LogP contribution in [0.5, 0.6) is 0 Å². The van der Waals surface area contributed by atoms with E-state index in [1.54, 1.807) is 0 Å². The molecular formula is C14H22N4OS. The lowest BCUT2D eigenvalue weighted by molar-refractivity contribution is 0.120. The SMILES string of the molecule is c1nc(NCC2CCCO2)ncc1CN1CCSCC1. The molecule has 2 aliphatic rings. The van der Waals surface area contributed by atoms with Gasteiger partial charge in [0.1, 0.15) is 0 Å². The van der Waals surface area contributed by atoms with Crippen molar-refractivity contribution in [2.24, 2.45) is 0 Å². The molecular weight excluding hydrogens is 272 g/mol. The molecule has 0 bridgehead atoms. The van der Waals surface area contributed by atoms with Crippen LogP contribution in [0.4, 0.5) is 5.95 Å². The fourth-order valence-electron chi connectivity index (χ4n) is 2.56. The van der Waals surface area contributed by atoms with Crippen LogP contribution in [0.3, 0.4) is 0 Å². The van der Waals surface area contributed by atoms with E-state index in [0.717, 1.165) is 26.1 Å². The topological polar surface area (TPSA) is 50.3 Å². The van der Waals surface area contributed by atoms with Crippen LogP contribution in [-0.2, 0) is 11.3 Å². The van der Waals surface area contributed by atoms with Gasteiger partial charge in [-0.25, -0.2) is 9.97 Å². The van der Waals surface area contributed by atoms with Crippen LogP contribution in [0.1, 0.15) is 18.4 Å². The number of nitrogens with zero attached hydrogens (tertiary/aromatic N) is 3. The summed E-state index contributed by atoms with van der Waals surface area (Å²) in [6, 6.07) is 0. The number of aromatic nitrogens is 2. The first kappa shape index (κ1) is 14.1. The summed E-state index contributed by atoms with van der Waals surface area (Å²) in [5.41, 5.74) is 1.19. The first-order valence-electron chi connectivity index (χ1n) is 7.36. The Kier molecular flexibility index (Phi) is 5.11. The summed E-state index contributed by atoms with van der Waals surface area (Å²) in [5.74, 6) is 3.18. The van der Waals surface area contributed by atoms with Crippen LogP contribution in [0.2, 0.25) is 0 Å². The van der Waals surface area contributed by atoms with Crippen LogP contribution in [-0.4, -0.2) is 58.7 Å². The van der Waals surface area contributed by atoms with E-state index >= 15 is 0 Å². The quantitative estimate of drug-likeness (QED) is 0.890. The van der Waals surface area contributed by atoms with Crippen molar-refractivity contribution in [1.29, 1.82) is 0 Å². The zero-order valence-electron chi connectivity index (χ0n) is 11.8. The van der Waals surface area contributed by atoms with E-state index in [2.05, 4.69) is 20.2 Å². The number of thioether (sulfide) groups is 1. The molecule has 3 heterocycles. The molecule has 2 fully saturated rings. The lowest BCUT2D eigenvalue weighted by atomic mass is 10.2. The Morgan fingerprint density at radius 3 is 2.80 bits per heavy atom. The summed E-state index contributed by atoms with van der Waals surface area (Å²) in [6.07, 6.45) is 6.50. The predicted molar refractivity (Wildman–Crippen MR) is 82.1 cm³/mol. The fourth-order valence-corrected chi connectivity index (χ4v) is 3.53. The monoisotopic (exact) mass is 294 g/mol. The van der Waals surface area contributed by atoms with Gasteiger partial charge in [-0.3, -0.25) is 4.90 Å². The smallest absolute Gasteiger partial charge is 0.222 e. The molecule has 110 valence electrons. The number of rotatable bonds is 5. The average molecular weight is 294 g/mol. The Morgan fingerprint density at radius 2 is 2.10 bits per heavy atom. The van der Waals surface area contributed by atoms with E-state index in [-0.39, 0.29) is 0 Å². The molecule has 1 aromatic rings. The summed E-state index contributed by atoms with van der Waals surface area (Å²) in [6.45, 7) is 5.00. The van der Waals surface area contributed by atoms with Gasteiger partial charge >= 0.3 is 0 Å². The molecule has 5 nitrogen and oxygen atoms in total. The summed E-state index contributed by atoms with van der Waals surface area (Å²) in [5, 5.41) is 3.25. The Hall–Kier alpha value is -0.850. The van der Waals surface area contributed by atoms with Gasteiger partial charge in [0.2, 0.25) is 5.95 Å². The summed E-state index contributed by atoms with van der Waals surface area (Å²) in [7, 11) is 0. The lowest BCUT2D eigenvalue weighted by Gasteiger charge is -2.25. The molecule has 0 aromatic carbocycles. The van der Waals surface area contributed by atoms with E-state index in [0.29, 0.717) is 12.1 Å². The number of anilines is 1. The molecule has 3 rings (SSSR count). The van der Waals surface area contributed by atoms with Gasteiger partial charge in [-0.2, -0.15) is 11.8 Å². The number of hydrogen-bond donors (Lipinski definition) is 1. The van der Waals surface area contributed by atoms with Crippen LogP contribution >= 0.6 is 11.8 Å². The third-order valence-electron chi connectivity index (χ3n) is 3.73. The van der Waals surface area contributed by atoms with Crippen molar-refractivity contribution in [3.8, 4) is 0 Å². The molecule has 0 aliphatic carbocycles. The second-order valence-electron chi connectivity index (χ2n) is 5.32. The normalized spacial score (nSPS) is 23.9. The van der Waals surface area contributed by atoms with Gasteiger partial charge in [0, 0.05) is 62.2 Å².